The first kappa shape index (κ1) is 13.6. The van der Waals surface area contributed by atoms with E-state index in [9.17, 15) is 9.18 Å². The number of anilines is 1. The number of benzene rings is 1. The first-order valence-corrected chi connectivity index (χ1v) is 8.24. The molecule has 4 saturated carbocycles. The molecule has 2 nitrogen and oxygen atoms in total. The number of halogens is 2. The molecule has 4 heteroatoms. The highest BCUT2D eigenvalue weighted by molar-refractivity contribution is 6.30. The van der Waals surface area contributed by atoms with Crippen LogP contribution in [0.25, 0.3) is 0 Å². The molecule has 0 radical (unpaired) electrons. The van der Waals surface area contributed by atoms with E-state index >= 15 is 0 Å². The van der Waals surface area contributed by atoms with Gasteiger partial charge in [-0.3, -0.25) is 4.79 Å². The molecule has 1 aromatic carbocycles. The summed E-state index contributed by atoms with van der Waals surface area (Å²) in [4.78, 5) is 12.6. The van der Waals surface area contributed by atoms with E-state index in [0.717, 1.165) is 11.8 Å². The molecule has 21 heavy (non-hydrogen) atoms. The molecule has 5 rings (SSSR count). The maximum Gasteiger partial charge on any atom is 0.228 e. The fraction of sp³-hybridized carbons (Fsp3) is 0.588. The summed E-state index contributed by atoms with van der Waals surface area (Å²) in [6.07, 6.45) is 6.10. The van der Waals surface area contributed by atoms with Gasteiger partial charge in [0.05, 0.1) is 5.69 Å². The van der Waals surface area contributed by atoms with Crippen LogP contribution in [0.3, 0.4) is 0 Å². The summed E-state index contributed by atoms with van der Waals surface area (Å²) >= 11 is 5.89. The van der Waals surface area contributed by atoms with Crippen molar-refractivity contribution in [3.05, 3.63) is 29.0 Å². The van der Waals surface area contributed by atoms with Gasteiger partial charge in [-0.25, -0.2) is 4.39 Å². The van der Waals surface area contributed by atoms with Gasteiger partial charge in [0.25, 0.3) is 0 Å². The minimum atomic E-state index is -0.420. The highest BCUT2D eigenvalue weighted by atomic mass is 35.5. The van der Waals surface area contributed by atoms with E-state index in [4.69, 9.17) is 11.6 Å². The van der Waals surface area contributed by atoms with Crippen molar-refractivity contribution >= 4 is 23.2 Å². The van der Waals surface area contributed by atoms with Crippen LogP contribution in [0.15, 0.2) is 18.2 Å². The van der Waals surface area contributed by atoms with Crippen LogP contribution in [0.1, 0.15) is 32.1 Å². The average Bonchev–Trinajstić information content (AvgIpc) is 2.41. The zero-order valence-electron chi connectivity index (χ0n) is 11.8. The molecular weight excluding hydrogens is 289 g/mol. The van der Waals surface area contributed by atoms with Crippen LogP contribution in [-0.2, 0) is 4.79 Å². The van der Waals surface area contributed by atoms with Gasteiger partial charge < -0.3 is 5.32 Å². The molecule has 1 aromatic rings. The van der Waals surface area contributed by atoms with Gasteiger partial charge in [-0.1, -0.05) is 11.6 Å². The van der Waals surface area contributed by atoms with Crippen molar-refractivity contribution in [1.82, 2.24) is 0 Å². The smallest absolute Gasteiger partial charge is 0.228 e. The van der Waals surface area contributed by atoms with Crippen LogP contribution >= 0.6 is 11.6 Å². The first-order chi connectivity index (χ1) is 10.1. The predicted molar refractivity (Wildman–Crippen MR) is 80.6 cm³/mol. The fourth-order valence-electron chi connectivity index (χ4n) is 5.16. The van der Waals surface area contributed by atoms with E-state index in [2.05, 4.69) is 5.32 Å². The quantitative estimate of drug-likeness (QED) is 0.857. The monoisotopic (exact) mass is 307 g/mol. The fourth-order valence-corrected chi connectivity index (χ4v) is 5.33. The topological polar surface area (TPSA) is 29.1 Å². The van der Waals surface area contributed by atoms with Crippen LogP contribution < -0.4 is 5.32 Å². The van der Waals surface area contributed by atoms with Crippen molar-refractivity contribution in [2.45, 2.75) is 32.1 Å². The molecule has 1 amide bonds. The summed E-state index contributed by atoms with van der Waals surface area (Å²) < 4.78 is 13.8. The number of carbonyl (C=O) groups is 1. The van der Waals surface area contributed by atoms with E-state index in [1.54, 1.807) is 0 Å². The number of rotatable bonds is 2. The molecule has 0 aliphatic heterocycles. The number of amides is 1. The molecule has 1 N–H and O–H groups in total. The van der Waals surface area contributed by atoms with Crippen LogP contribution in [0, 0.1) is 35.4 Å². The van der Waals surface area contributed by atoms with E-state index in [0.29, 0.717) is 16.9 Å². The van der Waals surface area contributed by atoms with Crippen molar-refractivity contribution in [3.63, 3.8) is 0 Å². The molecule has 0 saturated heterocycles. The lowest BCUT2D eigenvalue weighted by molar-refractivity contribution is -0.132. The summed E-state index contributed by atoms with van der Waals surface area (Å²) in [5.41, 5.74) is 0.210. The second-order valence-electron chi connectivity index (χ2n) is 7.07. The van der Waals surface area contributed by atoms with Gasteiger partial charge in [-0.15, -0.1) is 0 Å². The van der Waals surface area contributed by atoms with Crippen molar-refractivity contribution in [2.24, 2.45) is 29.6 Å². The lowest BCUT2D eigenvalue weighted by atomic mass is 9.51. The van der Waals surface area contributed by atoms with E-state index in [1.165, 1.54) is 50.3 Å². The minimum absolute atomic E-state index is 0.00929. The van der Waals surface area contributed by atoms with Crippen LogP contribution in [-0.4, -0.2) is 5.91 Å². The lowest BCUT2D eigenvalue weighted by Gasteiger charge is -2.53. The lowest BCUT2D eigenvalue weighted by Crippen LogP contribution is -2.49. The Bertz CT molecular complexity index is 560. The minimum Gasteiger partial charge on any atom is -0.323 e. The predicted octanol–water partition coefficient (Wildman–Crippen LogP) is 4.49. The van der Waals surface area contributed by atoms with Gasteiger partial charge in [-0.2, -0.15) is 0 Å². The highest BCUT2D eigenvalue weighted by Crippen LogP contribution is 2.56. The molecule has 0 spiro atoms. The number of hydrogen-bond acceptors (Lipinski definition) is 1. The Kier molecular flexibility index (Phi) is 3.21. The van der Waals surface area contributed by atoms with E-state index in [1.807, 2.05) is 0 Å². The Morgan fingerprint density at radius 3 is 2.33 bits per heavy atom. The number of carbonyl (C=O) groups excluding carboxylic acids is 1. The first-order valence-electron chi connectivity index (χ1n) is 7.86. The molecule has 0 atom stereocenters. The Morgan fingerprint density at radius 2 is 1.71 bits per heavy atom. The van der Waals surface area contributed by atoms with Gasteiger partial charge in [0.15, 0.2) is 0 Å². The summed E-state index contributed by atoms with van der Waals surface area (Å²) in [7, 11) is 0. The largest absolute Gasteiger partial charge is 0.323 e. The Hall–Kier alpha value is -1.09. The molecule has 4 fully saturated rings. The van der Waals surface area contributed by atoms with Gasteiger partial charge in [0.1, 0.15) is 5.82 Å². The third-order valence-corrected chi connectivity index (χ3v) is 5.95. The van der Waals surface area contributed by atoms with E-state index < -0.39 is 5.82 Å². The Labute approximate surface area is 129 Å². The highest BCUT2D eigenvalue weighted by Gasteiger charge is 2.50. The van der Waals surface area contributed by atoms with E-state index in [-0.39, 0.29) is 17.5 Å². The summed E-state index contributed by atoms with van der Waals surface area (Å²) in [5.74, 6) is 2.31. The zero-order chi connectivity index (χ0) is 14.6. The summed E-state index contributed by atoms with van der Waals surface area (Å²) in [6, 6.07) is 4.29. The molecule has 112 valence electrons. The molecule has 4 aliphatic carbocycles. The SMILES string of the molecule is O=C(Nc1cc(Cl)ccc1F)C1C2CC3CC(C2)CC1C3. The normalized spacial score (nSPS) is 36.8. The van der Waals surface area contributed by atoms with Crippen molar-refractivity contribution < 1.29 is 9.18 Å². The van der Waals surface area contributed by atoms with Crippen molar-refractivity contribution in [3.8, 4) is 0 Å². The molecule has 4 bridgehead atoms. The summed E-state index contributed by atoms with van der Waals surface area (Å²) in [6.45, 7) is 0. The second kappa shape index (κ2) is 4.98. The molecule has 4 aliphatic rings. The zero-order valence-corrected chi connectivity index (χ0v) is 12.6. The van der Waals surface area contributed by atoms with Crippen LogP contribution in [0.2, 0.25) is 5.02 Å². The standard InChI is InChI=1S/C17H19ClFNO/c18-13-1-2-14(19)15(8-13)20-17(21)16-11-4-9-3-10(6-11)7-12(16)5-9/h1-2,8-12,16H,3-7H2,(H,20,21). The van der Waals surface area contributed by atoms with Crippen LogP contribution in [0.5, 0.6) is 0 Å². The average molecular weight is 308 g/mol. The maximum atomic E-state index is 13.8. The van der Waals surface area contributed by atoms with Gasteiger partial charge in [0, 0.05) is 10.9 Å². The van der Waals surface area contributed by atoms with Gasteiger partial charge >= 0.3 is 0 Å². The van der Waals surface area contributed by atoms with Crippen LogP contribution in [0.4, 0.5) is 10.1 Å². The molecular formula is C17H19ClFNO. The number of hydrogen-bond donors (Lipinski definition) is 1. The van der Waals surface area contributed by atoms with Gasteiger partial charge in [-0.05, 0) is 74.0 Å². The molecule has 0 unspecified atom stereocenters. The van der Waals surface area contributed by atoms with Gasteiger partial charge in [0.2, 0.25) is 5.91 Å². The molecule has 0 heterocycles. The maximum absolute atomic E-state index is 13.8. The van der Waals surface area contributed by atoms with Crippen molar-refractivity contribution in [1.29, 1.82) is 0 Å². The Morgan fingerprint density at radius 1 is 1.10 bits per heavy atom. The summed E-state index contributed by atoms with van der Waals surface area (Å²) in [5, 5.41) is 3.22. The molecule has 0 aromatic heterocycles. The third kappa shape index (κ3) is 2.36. The van der Waals surface area contributed by atoms with Crippen molar-refractivity contribution in [2.75, 3.05) is 5.32 Å². The number of nitrogens with one attached hydrogen (secondary N) is 1. The second-order valence-corrected chi connectivity index (χ2v) is 7.51. The Balaban J connectivity index is 1.54. The third-order valence-electron chi connectivity index (χ3n) is 5.72.